The lowest BCUT2D eigenvalue weighted by Gasteiger charge is -2.32. The number of halogens is 1. The first kappa shape index (κ1) is 18.3. The van der Waals surface area contributed by atoms with Crippen LogP contribution >= 0.6 is 0 Å². The molecule has 0 saturated carbocycles. The highest BCUT2D eigenvalue weighted by Crippen LogP contribution is 2.21. The van der Waals surface area contributed by atoms with Crippen LogP contribution in [0.2, 0.25) is 0 Å². The van der Waals surface area contributed by atoms with E-state index in [0.29, 0.717) is 18.6 Å². The first-order chi connectivity index (χ1) is 12.1. The van der Waals surface area contributed by atoms with E-state index in [2.05, 4.69) is 22.0 Å². The number of piperidine rings is 1. The van der Waals surface area contributed by atoms with Crippen molar-refractivity contribution in [1.82, 2.24) is 15.1 Å². The lowest BCUT2D eigenvalue weighted by molar-refractivity contribution is -0.123. The summed E-state index contributed by atoms with van der Waals surface area (Å²) < 4.78 is 13.4. The molecule has 0 radical (unpaired) electrons. The molecule has 5 heteroatoms. The Morgan fingerprint density at radius 1 is 1.24 bits per heavy atom. The Morgan fingerprint density at radius 2 is 2.04 bits per heavy atom. The van der Waals surface area contributed by atoms with E-state index in [1.807, 2.05) is 6.07 Å². The van der Waals surface area contributed by atoms with Crippen LogP contribution < -0.4 is 5.32 Å². The van der Waals surface area contributed by atoms with E-state index in [1.54, 1.807) is 12.1 Å². The van der Waals surface area contributed by atoms with E-state index in [4.69, 9.17) is 0 Å². The molecule has 3 rings (SSSR count). The first-order valence-electron chi connectivity index (χ1n) is 9.64. The van der Waals surface area contributed by atoms with Crippen LogP contribution in [0.25, 0.3) is 0 Å². The molecule has 1 amide bonds. The van der Waals surface area contributed by atoms with E-state index in [0.717, 1.165) is 63.8 Å². The van der Waals surface area contributed by atoms with Gasteiger partial charge in [0, 0.05) is 25.2 Å². The van der Waals surface area contributed by atoms with Gasteiger partial charge in [0.1, 0.15) is 5.82 Å². The lowest BCUT2D eigenvalue weighted by atomic mass is 10.0. The number of benzene rings is 1. The van der Waals surface area contributed by atoms with Crippen molar-refractivity contribution in [3.63, 3.8) is 0 Å². The van der Waals surface area contributed by atoms with Crippen molar-refractivity contribution >= 4 is 5.91 Å². The molecule has 1 atom stereocenters. The zero-order valence-electron chi connectivity index (χ0n) is 15.2. The molecule has 2 aliphatic heterocycles. The van der Waals surface area contributed by atoms with E-state index in [1.165, 1.54) is 6.07 Å². The number of hydrogen-bond donors (Lipinski definition) is 1. The second-order valence-corrected chi connectivity index (χ2v) is 7.38. The summed E-state index contributed by atoms with van der Waals surface area (Å²) in [6.07, 6.45) is 5.11. The third kappa shape index (κ3) is 5.25. The van der Waals surface area contributed by atoms with Crippen LogP contribution in [0, 0.1) is 5.82 Å². The van der Waals surface area contributed by atoms with Crippen LogP contribution in [0.1, 0.15) is 38.2 Å². The molecular formula is C20H30FN3O. The monoisotopic (exact) mass is 347 g/mol. The minimum absolute atomic E-state index is 0.140. The minimum Gasteiger partial charge on any atom is -0.352 e. The van der Waals surface area contributed by atoms with Crippen LogP contribution in [0.3, 0.4) is 0 Å². The molecular weight excluding hydrogens is 317 g/mol. The third-order valence-electron chi connectivity index (χ3n) is 5.61. The maximum Gasteiger partial charge on any atom is 0.234 e. The Labute approximate surface area is 150 Å². The fourth-order valence-electron chi connectivity index (χ4n) is 4.12. The second kappa shape index (κ2) is 8.77. The number of nitrogens with zero attached hydrogens (tertiary/aromatic N) is 2. The minimum atomic E-state index is -0.182. The number of amides is 1. The molecule has 25 heavy (non-hydrogen) atoms. The molecule has 4 nitrogen and oxygen atoms in total. The standard InChI is InChI=1S/C20H30FN3O/c1-2-23-11-8-18(9-12-23)22-20(25)15-24-10-4-7-19(24)14-16-5-3-6-17(21)13-16/h3,5-6,13,18-19H,2,4,7-12,14-15H2,1H3,(H,22,25). The Kier molecular flexibility index (Phi) is 6.43. The van der Waals surface area contributed by atoms with E-state index >= 15 is 0 Å². The van der Waals surface area contributed by atoms with Crippen molar-refractivity contribution in [2.75, 3.05) is 32.7 Å². The Hall–Kier alpha value is -1.46. The highest BCUT2D eigenvalue weighted by molar-refractivity contribution is 5.78. The van der Waals surface area contributed by atoms with Gasteiger partial charge in [0.2, 0.25) is 5.91 Å². The molecule has 1 aromatic rings. The molecule has 1 aromatic carbocycles. The van der Waals surface area contributed by atoms with Crippen molar-refractivity contribution < 1.29 is 9.18 Å². The highest BCUT2D eigenvalue weighted by atomic mass is 19.1. The van der Waals surface area contributed by atoms with Gasteiger partial charge >= 0.3 is 0 Å². The molecule has 0 aromatic heterocycles. The quantitative estimate of drug-likeness (QED) is 0.858. The number of rotatable bonds is 6. The summed E-state index contributed by atoms with van der Waals surface area (Å²) in [4.78, 5) is 17.1. The normalized spacial score (nSPS) is 23.0. The van der Waals surface area contributed by atoms with Gasteiger partial charge in [0.05, 0.1) is 6.54 Å². The van der Waals surface area contributed by atoms with Gasteiger partial charge in [0.25, 0.3) is 0 Å². The maximum absolute atomic E-state index is 13.4. The lowest BCUT2D eigenvalue weighted by Crippen LogP contribution is -2.48. The molecule has 0 bridgehead atoms. The van der Waals surface area contributed by atoms with E-state index < -0.39 is 0 Å². The van der Waals surface area contributed by atoms with Crippen LogP contribution in [0.5, 0.6) is 0 Å². The fraction of sp³-hybridized carbons (Fsp3) is 0.650. The molecule has 2 saturated heterocycles. The first-order valence-corrected chi connectivity index (χ1v) is 9.64. The summed E-state index contributed by atoms with van der Waals surface area (Å²) in [5.41, 5.74) is 1.02. The van der Waals surface area contributed by atoms with Gasteiger partial charge in [-0.1, -0.05) is 19.1 Å². The topological polar surface area (TPSA) is 35.6 Å². The molecule has 1 N–H and O–H groups in total. The van der Waals surface area contributed by atoms with Crippen LogP contribution in [-0.2, 0) is 11.2 Å². The number of hydrogen-bond acceptors (Lipinski definition) is 3. The van der Waals surface area contributed by atoms with Gasteiger partial charge in [-0.25, -0.2) is 4.39 Å². The summed E-state index contributed by atoms with van der Waals surface area (Å²) in [6, 6.07) is 7.49. The number of nitrogens with one attached hydrogen (secondary N) is 1. The SMILES string of the molecule is CCN1CCC(NC(=O)CN2CCCC2Cc2cccc(F)c2)CC1. The van der Waals surface area contributed by atoms with Gasteiger partial charge in [-0.15, -0.1) is 0 Å². The Bertz CT molecular complexity index is 572. The molecule has 0 spiro atoms. The van der Waals surface area contributed by atoms with Crippen LogP contribution in [0.4, 0.5) is 4.39 Å². The average Bonchev–Trinajstić information content (AvgIpc) is 3.02. The molecule has 2 heterocycles. The Morgan fingerprint density at radius 3 is 2.76 bits per heavy atom. The fourth-order valence-corrected chi connectivity index (χ4v) is 4.12. The molecule has 2 aliphatic rings. The number of carbonyl (C=O) groups is 1. The number of likely N-dealkylation sites (tertiary alicyclic amines) is 2. The average molecular weight is 347 g/mol. The number of carbonyl (C=O) groups excluding carboxylic acids is 1. The smallest absolute Gasteiger partial charge is 0.234 e. The van der Waals surface area contributed by atoms with Crippen molar-refractivity contribution in [2.24, 2.45) is 0 Å². The summed E-state index contributed by atoms with van der Waals surface area (Å²) >= 11 is 0. The van der Waals surface area contributed by atoms with Gasteiger partial charge < -0.3 is 10.2 Å². The summed E-state index contributed by atoms with van der Waals surface area (Å²) in [5, 5.41) is 3.22. The summed E-state index contributed by atoms with van der Waals surface area (Å²) in [7, 11) is 0. The van der Waals surface area contributed by atoms with Gasteiger partial charge in [-0.2, -0.15) is 0 Å². The predicted octanol–water partition coefficient (Wildman–Crippen LogP) is 2.43. The third-order valence-corrected chi connectivity index (χ3v) is 5.61. The van der Waals surface area contributed by atoms with Crippen LogP contribution in [0.15, 0.2) is 24.3 Å². The molecule has 138 valence electrons. The van der Waals surface area contributed by atoms with Crippen molar-refractivity contribution in [1.29, 1.82) is 0 Å². The largest absolute Gasteiger partial charge is 0.352 e. The van der Waals surface area contributed by atoms with E-state index in [9.17, 15) is 9.18 Å². The maximum atomic E-state index is 13.4. The Balaban J connectivity index is 1.47. The van der Waals surface area contributed by atoms with Gasteiger partial charge in [-0.3, -0.25) is 9.69 Å². The second-order valence-electron chi connectivity index (χ2n) is 7.38. The van der Waals surface area contributed by atoms with E-state index in [-0.39, 0.29) is 11.7 Å². The highest BCUT2D eigenvalue weighted by Gasteiger charge is 2.27. The van der Waals surface area contributed by atoms with Crippen molar-refractivity contribution in [3.8, 4) is 0 Å². The van der Waals surface area contributed by atoms with Crippen molar-refractivity contribution in [2.45, 2.75) is 51.1 Å². The zero-order chi connectivity index (χ0) is 17.6. The van der Waals surface area contributed by atoms with Crippen molar-refractivity contribution in [3.05, 3.63) is 35.6 Å². The summed E-state index contributed by atoms with van der Waals surface area (Å²) in [6.45, 7) is 6.86. The van der Waals surface area contributed by atoms with Crippen LogP contribution in [-0.4, -0.2) is 60.5 Å². The van der Waals surface area contributed by atoms with Gasteiger partial charge in [0.15, 0.2) is 0 Å². The molecule has 0 aliphatic carbocycles. The predicted molar refractivity (Wildman–Crippen MR) is 98.0 cm³/mol. The molecule has 1 unspecified atom stereocenters. The molecule has 2 fully saturated rings. The summed E-state index contributed by atoms with van der Waals surface area (Å²) in [5.74, 6) is -0.0423. The van der Waals surface area contributed by atoms with Gasteiger partial charge in [-0.05, 0) is 62.9 Å². The zero-order valence-corrected chi connectivity index (χ0v) is 15.2.